The molecule has 0 bridgehead atoms. The molecule has 0 aliphatic carbocycles. The molecule has 1 aromatic heterocycles. The monoisotopic (exact) mass is 275 g/mol. The molecule has 100 valence electrons. The summed E-state index contributed by atoms with van der Waals surface area (Å²) in [4.78, 5) is 8.52. The van der Waals surface area contributed by atoms with Crippen LogP contribution in [0.25, 0.3) is 0 Å². The SMILES string of the molecule is CC(C)c1cc(NC(C)c2ccc(Cl)cc2)ncn1. The second kappa shape index (κ2) is 6.02. The van der Waals surface area contributed by atoms with Crippen LogP contribution < -0.4 is 5.32 Å². The number of nitrogens with one attached hydrogen (secondary N) is 1. The highest BCUT2D eigenvalue weighted by Crippen LogP contribution is 2.21. The first-order valence-electron chi connectivity index (χ1n) is 6.40. The van der Waals surface area contributed by atoms with Crippen LogP contribution in [0.15, 0.2) is 36.7 Å². The molecular weight excluding hydrogens is 258 g/mol. The third kappa shape index (κ3) is 3.67. The Kier molecular flexibility index (Phi) is 4.38. The fourth-order valence-corrected chi connectivity index (χ4v) is 1.95. The van der Waals surface area contributed by atoms with Crippen LogP contribution in [0.2, 0.25) is 5.02 Å². The minimum atomic E-state index is 0.173. The molecule has 1 unspecified atom stereocenters. The van der Waals surface area contributed by atoms with Crippen LogP contribution in [0.5, 0.6) is 0 Å². The standard InChI is InChI=1S/C15H18ClN3/c1-10(2)14-8-15(18-9-17-14)19-11(3)12-4-6-13(16)7-5-12/h4-11H,1-3H3,(H,17,18,19). The molecule has 0 aliphatic heterocycles. The van der Waals surface area contributed by atoms with E-state index in [1.807, 2.05) is 30.3 Å². The lowest BCUT2D eigenvalue weighted by atomic mass is 10.1. The number of anilines is 1. The van der Waals surface area contributed by atoms with Gasteiger partial charge in [-0.2, -0.15) is 0 Å². The largest absolute Gasteiger partial charge is 0.363 e. The topological polar surface area (TPSA) is 37.8 Å². The van der Waals surface area contributed by atoms with Crippen molar-refractivity contribution < 1.29 is 0 Å². The van der Waals surface area contributed by atoms with Crippen molar-refractivity contribution in [1.29, 1.82) is 0 Å². The van der Waals surface area contributed by atoms with Crippen molar-refractivity contribution in [2.45, 2.75) is 32.7 Å². The molecule has 0 radical (unpaired) electrons. The number of benzene rings is 1. The highest BCUT2D eigenvalue weighted by Gasteiger charge is 2.08. The summed E-state index contributed by atoms with van der Waals surface area (Å²) in [5, 5.41) is 4.13. The summed E-state index contributed by atoms with van der Waals surface area (Å²) in [6.45, 7) is 6.34. The van der Waals surface area contributed by atoms with Crippen molar-refractivity contribution in [1.82, 2.24) is 9.97 Å². The Morgan fingerprint density at radius 1 is 1.05 bits per heavy atom. The molecule has 0 saturated heterocycles. The molecule has 3 nitrogen and oxygen atoms in total. The van der Waals surface area contributed by atoms with Gasteiger partial charge in [0.2, 0.25) is 0 Å². The van der Waals surface area contributed by atoms with Crippen LogP contribution in [-0.2, 0) is 0 Å². The van der Waals surface area contributed by atoms with Gasteiger partial charge in [0.15, 0.2) is 0 Å². The normalized spacial score (nSPS) is 12.5. The van der Waals surface area contributed by atoms with E-state index in [4.69, 9.17) is 11.6 Å². The molecule has 19 heavy (non-hydrogen) atoms. The van der Waals surface area contributed by atoms with Crippen molar-refractivity contribution in [3.63, 3.8) is 0 Å². The predicted octanol–water partition coefficient (Wildman–Crippen LogP) is 4.43. The summed E-state index contributed by atoms with van der Waals surface area (Å²) in [5.41, 5.74) is 2.22. The van der Waals surface area contributed by atoms with Gasteiger partial charge >= 0.3 is 0 Å². The Morgan fingerprint density at radius 3 is 2.37 bits per heavy atom. The summed E-state index contributed by atoms with van der Waals surface area (Å²) < 4.78 is 0. The van der Waals surface area contributed by atoms with E-state index in [9.17, 15) is 0 Å². The summed E-state index contributed by atoms with van der Waals surface area (Å²) in [6.07, 6.45) is 1.60. The second-order valence-electron chi connectivity index (χ2n) is 4.90. The molecule has 0 aliphatic rings. The van der Waals surface area contributed by atoms with Gasteiger partial charge in [0.05, 0.1) is 0 Å². The molecule has 0 fully saturated rings. The second-order valence-corrected chi connectivity index (χ2v) is 5.34. The number of hydrogen-bond donors (Lipinski definition) is 1. The zero-order chi connectivity index (χ0) is 13.8. The van der Waals surface area contributed by atoms with Crippen LogP contribution in [0.1, 0.15) is 44.0 Å². The number of aromatic nitrogens is 2. The van der Waals surface area contributed by atoms with Gasteiger partial charge in [0.1, 0.15) is 12.1 Å². The molecule has 2 aromatic rings. The van der Waals surface area contributed by atoms with Gasteiger partial charge in [0.25, 0.3) is 0 Å². The molecule has 4 heteroatoms. The Labute approximate surface area is 119 Å². The van der Waals surface area contributed by atoms with E-state index in [0.717, 1.165) is 16.5 Å². The fraction of sp³-hybridized carbons (Fsp3) is 0.333. The highest BCUT2D eigenvalue weighted by atomic mass is 35.5. The Hall–Kier alpha value is -1.61. The van der Waals surface area contributed by atoms with Crippen LogP contribution in [-0.4, -0.2) is 9.97 Å². The van der Waals surface area contributed by atoms with E-state index in [0.29, 0.717) is 5.92 Å². The lowest BCUT2D eigenvalue weighted by Gasteiger charge is -2.15. The summed E-state index contributed by atoms with van der Waals surface area (Å²) in [7, 11) is 0. The van der Waals surface area contributed by atoms with Crippen molar-refractivity contribution in [3.8, 4) is 0 Å². The first-order valence-corrected chi connectivity index (χ1v) is 6.78. The van der Waals surface area contributed by atoms with E-state index in [-0.39, 0.29) is 6.04 Å². The molecule has 0 amide bonds. The van der Waals surface area contributed by atoms with Crippen LogP contribution in [0.4, 0.5) is 5.82 Å². The van der Waals surface area contributed by atoms with E-state index in [1.165, 1.54) is 5.56 Å². The molecule has 2 rings (SSSR count). The van der Waals surface area contributed by atoms with Gasteiger partial charge in [-0.25, -0.2) is 9.97 Å². The predicted molar refractivity (Wildman–Crippen MR) is 79.6 cm³/mol. The van der Waals surface area contributed by atoms with Crippen molar-refractivity contribution in [2.75, 3.05) is 5.32 Å². The number of halogens is 1. The minimum absolute atomic E-state index is 0.173. The molecule has 1 N–H and O–H groups in total. The van der Waals surface area contributed by atoms with Gasteiger partial charge in [0, 0.05) is 22.8 Å². The van der Waals surface area contributed by atoms with Crippen molar-refractivity contribution in [2.24, 2.45) is 0 Å². The van der Waals surface area contributed by atoms with Gasteiger partial charge < -0.3 is 5.32 Å². The average Bonchev–Trinajstić information content (AvgIpc) is 2.39. The molecule has 1 heterocycles. The quantitative estimate of drug-likeness (QED) is 0.897. The van der Waals surface area contributed by atoms with Crippen LogP contribution >= 0.6 is 11.6 Å². The summed E-state index contributed by atoms with van der Waals surface area (Å²) in [5.74, 6) is 1.25. The zero-order valence-electron chi connectivity index (χ0n) is 11.4. The Morgan fingerprint density at radius 2 is 1.74 bits per heavy atom. The Balaban J connectivity index is 2.12. The molecule has 0 spiro atoms. The third-order valence-electron chi connectivity index (χ3n) is 3.01. The number of nitrogens with zero attached hydrogens (tertiary/aromatic N) is 2. The molecular formula is C15H18ClN3. The van der Waals surface area contributed by atoms with Gasteiger partial charge in [-0.3, -0.25) is 0 Å². The summed E-state index contributed by atoms with van der Waals surface area (Å²) in [6, 6.07) is 10.0. The number of hydrogen-bond acceptors (Lipinski definition) is 3. The lowest BCUT2D eigenvalue weighted by Crippen LogP contribution is -2.08. The average molecular weight is 276 g/mol. The van der Waals surface area contributed by atoms with Crippen molar-refractivity contribution >= 4 is 17.4 Å². The smallest absolute Gasteiger partial charge is 0.130 e. The molecule has 1 atom stereocenters. The zero-order valence-corrected chi connectivity index (χ0v) is 12.1. The fourth-order valence-electron chi connectivity index (χ4n) is 1.82. The molecule has 0 saturated carbocycles. The van der Waals surface area contributed by atoms with E-state index in [2.05, 4.69) is 36.1 Å². The van der Waals surface area contributed by atoms with Gasteiger partial charge in [-0.05, 0) is 30.5 Å². The minimum Gasteiger partial charge on any atom is -0.363 e. The maximum atomic E-state index is 5.89. The first-order chi connectivity index (χ1) is 9.06. The van der Waals surface area contributed by atoms with Crippen LogP contribution in [0.3, 0.4) is 0 Å². The number of rotatable bonds is 4. The summed E-state index contributed by atoms with van der Waals surface area (Å²) >= 11 is 5.89. The lowest BCUT2D eigenvalue weighted by molar-refractivity contribution is 0.807. The Bertz CT molecular complexity index is 537. The van der Waals surface area contributed by atoms with Gasteiger partial charge in [-0.15, -0.1) is 0 Å². The van der Waals surface area contributed by atoms with Crippen LogP contribution in [0, 0.1) is 0 Å². The van der Waals surface area contributed by atoms with Gasteiger partial charge in [-0.1, -0.05) is 37.6 Å². The van der Waals surface area contributed by atoms with Crippen molar-refractivity contribution in [3.05, 3.63) is 52.9 Å². The highest BCUT2D eigenvalue weighted by molar-refractivity contribution is 6.30. The third-order valence-corrected chi connectivity index (χ3v) is 3.27. The molecule has 1 aromatic carbocycles. The van der Waals surface area contributed by atoms with E-state index < -0.39 is 0 Å². The first kappa shape index (κ1) is 13.8. The van der Waals surface area contributed by atoms with E-state index in [1.54, 1.807) is 6.33 Å². The van der Waals surface area contributed by atoms with E-state index >= 15 is 0 Å². The maximum absolute atomic E-state index is 5.89. The maximum Gasteiger partial charge on any atom is 0.130 e.